The molecular weight excluding hydrogens is 338 g/mol. The lowest BCUT2D eigenvalue weighted by atomic mass is 10.1. The number of methoxy groups -OCH3 is 1. The van der Waals surface area contributed by atoms with Crippen LogP contribution in [0.1, 0.15) is 11.1 Å². The van der Waals surface area contributed by atoms with Crippen LogP contribution in [0.25, 0.3) is 0 Å². The van der Waals surface area contributed by atoms with Crippen molar-refractivity contribution in [3.05, 3.63) is 65.7 Å². The Balaban J connectivity index is 1.36. The number of carbonyl (C=O) groups is 1. The van der Waals surface area contributed by atoms with E-state index in [0.717, 1.165) is 56.9 Å². The molecule has 144 valence electrons. The topological polar surface area (TPSA) is 44.8 Å². The molecule has 1 aliphatic rings. The van der Waals surface area contributed by atoms with E-state index >= 15 is 0 Å². The van der Waals surface area contributed by atoms with Gasteiger partial charge in [0.1, 0.15) is 5.75 Å². The van der Waals surface area contributed by atoms with E-state index in [1.54, 1.807) is 7.11 Å². The maximum atomic E-state index is 12.4. The number of ether oxygens (including phenoxy) is 1. The maximum absolute atomic E-state index is 12.4. The monoisotopic (exact) mass is 367 g/mol. The highest BCUT2D eigenvalue weighted by molar-refractivity contribution is 5.74. The normalized spacial score (nSPS) is 14.8. The van der Waals surface area contributed by atoms with Crippen LogP contribution < -0.4 is 10.1 Å². The lowest BCUT2D eigenvalue weighted by molar-refractivity contribution is 0.140. The second-order valence-corrected chi connectivity index (χ2v) is 6.86. The van der Waals surface area contributed by atoms with Crippen LogP contribution >= 0.6 is 0 Å². The number of rotatable bonds is 7. The molecule has 2 aromatic rings. The number of benzene rings is 2. The molecule has 0 saturated carbocycles. The lowest BCUT2D eigenvalue weighted by Gasteiger charge is -2.34. The van der Waals surface area contributed by atoms with Gasteiger partial charge in [0.25, 0.3) is 0 Å². The number of hydrogen-bond donors (Lipinski definition) is 1. The summed E-state index contributed by atoms with van der Waals surface area (Å²) in [6.45, 7) is 5.12. The molecule has 5 heteroatoms. The number of hydrogen-bond acceptors (Lipinski definition) is 3. The van der Waals surface area contributed by atoms with Gasteiger partial charge < -0.3 is 15.0 Å². The molecule has 0 aromatic heterocycles. The first kappa shape index (κ1) is 19.2. The van der Waals surface area contributed by atoms with E-state index in [9.17, 15) is 4.79 Å². The highest BCUT2D eigenvalue weighted by atomic mass is 16.5. The number of nitrogens with one attached hydrogen (secondary N) is 1. The molecule has 0 spiro atoms. The lowest BCUT2D eigenvalue weighted by Crippen LogP contribution is -2.52. The molecule has 1 saturated heterocycles. The van der Waals surface area contributed by atoms with Crippen molar-refractivity contribution in [2.24, 2.45) is 0 Å². The van der Waals surface area contributed by atoms with Crippen LogP contribution in [0.5, 0.6) is 5.75 Å². The number of amides is 2. The Kier molecular flexibility index (Phi) is 7.11. The summed E-state index contributed by atoms with van der Waals surface area (Å²) < 4.78 is 5.36. The van der Waals surface area contributed by atoms with Gasteiger partial charge in [0.15, 0.2) is 0 Å². The van der Waals surface area contributed by atoms with Gasteiger partial charge in [0.2, 0.25) is 0 Å². The summed E-state index contributed by atoms with van der Waals surface area (Å²) in [5.74, 6) is 0.874. The van der Waals surface area contributed by atoms with Crippen molar-refractivity contribution in [3.63, 3.8) is 0 Å². The van der Waals surface area contributed by atoms with Gasteiger partial charge in [-0.25, -0.2) is 4.79 Å². The van der Waals surface area contributed by atoms with Gasteiger partial charge in [0.05, 0.1) is 7.11 Å². The summed E-state index contributed by atoms with van der Waals surface area (Å²) in [6, 6.07) is 18.5. The fourth-order valence-corrected chi connectivity index (χ4v) is 3.43. The van der Waals surface area contributed by atoms with Crippen molar-refractivity contribution in [2.75, 3.05) is 46.4 Å². The Morgan fingerprint density at radius 3 is 2.41 bits per heavy atom. The number of para-hydroxylation sites is 1. The van der Waals surface area contributed by atoms with Crippen molar-refractivity contribution in [1.82, 2.24) is 15.1 Å². The molecule has 2 amide bonds. The second kappa shape index (κ2) is 9.97. The molecule has 0 radical (unpaired) electrons. The summed E-state index contributed by atoms with van der Waals surface area (Å²) in [5.41, 5.74) is 2.49. The predicted octanol–water partition coefficient (Wildman–Crippen LogP) is 2.81. The number of carbonyl (C=O) groups excluding carboxylic acids is 1. The van der Waals surface area contributed by atoms with E-state index < -0.39 is 0 Å². The predicted molar refractivity (Wildman–Crippen MR) is 108 cm³/mol. The molecule has 1 N–H and O–H groups in total. The van der Waals surface area contributed by atoms with Crippen LogP contribution in [0.15, 0.2) is 54.6 Å². The first-order chi connectivity index (χ1) is 13.3. The van der Waals surface area contributed by atoms with E-state index in [1.165, 1.54) is 5.56 Å². The van der Waals surface area contributed by atoms with E-state index in [1.807, 2.05) is 29.2 Å². The van der Waals surface area contributed by atoms with Crippen LogP contribution in [-0.4, -0.2) is 62.2 Å². The minimum absolute atomic E-state index is 0.0348. The van der Waals surface area contributed by atoms with Crippen LogP contribution in [-0.2, 0) is 12.8 Å². The summed E-state index contributed by atoms with van der Waals surface area (Å²) in [5, 5.41) is 3.04. The van der Waals surface area contributed by atoms with Gasteiger partial charge in [-0.05, 0) is 30.0 Å². The quantitative estimate of drug-likeness (QED) is 0.818. The molecule has 0 atom stereocenters. The van der Waals surface area contributed by atoms with Crippen LogP contribution in [0, 0.1) is 0 Å². The Morgan fingerprint density at radius 1 is 0.963 bits per heavy atom. The summed E-state index contributed by atoms with van der Waals surface area (Å²) >= 11 is 0. The van der Waals surface area contributed by atoms with E-state index in [0.29, 0.717) is 6.54 Å². The molecule has 5 nitrogen and oxygen atoms in total. The standard InChI is InChI=1S/C22H29N3O2/c1-27-21-10-6-5-9-20(21)11-13-23-22(26)25-17-15-24(16-18-25)14-12-19-7-3-2-4-8-19/h2-10H,11-18H2,1H3,(H,23,26). The highest BCUT2D eigenvalue weighted by Crippen LogP contribution is 2.17. The first-order valence-electron chi connectivity index (χ1n) is 9.67. The van der Waals surface area contributed by atoms with E-state index in [4.69, 9.17) is 4.74 Å². The van der Waals surface area contributed by atoms with Crippen LogP contribution in [0.4, 0.5) is 4.79 Å². The molecule has 0 aliphatic carbocycles. The molecule has 0 bridgehead atoms. The number of nitrogens with zero attached hydrogens (tertiary/aromatic N) is 2. The van der Waals surface area contributed by atoms with Crippen molar-refractivity contribution >= 4 is 6.03 Å². The SMILES string of the molecule is COc1ccccc1CCNC(=O)N1CCN(CCc2ccccc2)CC1. The van der Waals surface area contributed by atoms with Crippen molar-refractivity contribution < 1.29 is 9.53 Å². The molecule has 27 heavy (non-hydrogen) atoms. The third-order valence-electron chi connectivity index (χ3n) is 5.08. The van der Waals surface area contributed by atoms with Crippen LogP contribution in [0.2, 0.25) is 0 Å². The molecule has 1 heterocycles. The van der Waals surface area contributed by atoms with Crippen molar-refractivity contribution in [2.45, 2.75) is 12.8 Å². The molecule has 3 rings (SSSR count). The Bertz CT molecular complexity index is 713. The zero-order valence-corrected chi connectivity index (χ0v) is 16.1. The third-order valence-corrected chi connectivity index (χ3v) is 5.08. The zero-order chi connectivity index (χ0) is 18.9. The van der Waals surface area contributed by atoms with Crippen molar-refractivity contribution in [1.29, 1.82) is 0 Å². The smallest absolute Gasteiger partial charge is 0.317 e. The fourth-order valence-electron chi connectivity index (χ4n) is 3.43. The average molecular weight is 367 g/mol. The summed E-state index contributed by atoms with van der Waals surface area (Å²) in [7, 11) is 1.68. The van der Waals surface area contributed by atoms with Gasteiger partial charge in [0, 0.05) is 39.3 Å². The van der Waals surface area contributed by atoms with E-state index in [2.05, 4.69) is 40.5 Å². The van der Waals surface area contributed by atoms with Gasteiger partial charge in [-0.1, -0.05) is 48.5 Å². The molecule has 2 aromatic carbocycles. The van der Waals surface area contributed by atoms with Gasteiger partial charge in [-0.15, -0.1) is 0 Å². The maximum Gasteiger partial charge on any atom is 0.317 e. The number of urea groups is 1. The molecular formula is C22H29N3O2. The van der Waals surface area contributed by atoms with Gasteiger partial charge >= 0.3 is 6.03 Å². The van der Waals surface area contributed by atoms with E-state index in [-0.39, 0.29) is 6.03 Å². The van der Waals surface area contributed by atoms with Crippen LogP contribution in [0.3, 0.4) is 0 Å². The fraction of sp³-hybridized carbons (Fsp3) is 0.409. The molecule has 0 unspecified atom stereocenters. The van der Waals surface area contributed by atoms with Crippen molar-refractivity contribution in [3.8, 4) is 5.75 Å². The Labute approximate surface area is 161 Å². The largest absolute Gasteiger partial charge is 0.496 e. The van der Waals surface area contributed by atoms with Gasteiger partial charge in [-0.2, -0.15) is 0 Å². The Hall–Kier alpha value is -2.53. The highest BCUT2D eigenvalue weighted by Gasteiger charge is 2.20. The van der Waals surface area contributed by atoms with Gasteiger partial charge in [-0.3, -0.25) is 4.90 Å². The second-order valence-electron chi connectivity index (χ2n) is 6.86. The molecule has 1 fully saturated rings. The minimum Gasteiger partial charge on any atom is -0.496 e. The average Bonchev–Trinajstić information content (AvgIpc) is 2.73. The molecule has 1 aliphatic heterocycles. The Morgan fingerprint density at radius 2 is 1.67 bits per heavy atom. The summed E-state index contributed by atoms with van der Waals surface area (Å²) in [6.07, 6.45) is 1.83. The third kappa shape index (κ3) is 5.73. The summed E-state index contributed by atoms with van der Waals surface area (Å²) in [4.78, 5) is 16.7. The zero-order valence-electron chi connectivity index (χ0n) is 16.1. The minimum atomic E-state index is 0.0348. The number of piperazine rings is 1. The first-order valence-corrected chi connectivity index (χ1v) is 9.67.